The lowest BCUT2D eigenvalue weighted by Crippen LogP contribution is -2.21. The van der Waals surface area contributed by atoms with E-state index in [2.05, 4.69) is 9.59 Å². The second-order valence-corrected chi connectivity index (χ2v) is 6.92. The molecule has 0 aromatic carbocycles. The van der Waals surface area contributed by atoms with Gasteiger partial charge in [0.1, 0.15) is 0 Å². The Morgan fingerprint density at radius 2 is 2.38 bits per heavy atom. The van der Waals surface area contributed by atoms with E-state index in [-0.39, 0.29) is 17.6 Å². The van der Waals surface area contributed by atoms with Gasteiger partial charge in [-0.2, -0.15) is 0 Å². The van der Waals surface area contributed by atoms with E-state index in [1.54, 1.807) is 6.92 Å². The minimum atomic E-state index is -3.11. The van der Waals surface area contributed by atoms with Crippen LogP contribution in [0.2, 0.25) is 0 Å². The first-order valence-electron chi connectivity index (χ1n) is 5.17. The molecule has 1 atom stereocenters. The Bertz CT molecular complexity index is 449. The molecule has 1 fully saturated rings. The van der Waals surface area contributed by atoms with Crippen molar-refractivity contribution in [1.29, 1.82) is 0 Å². The van der Waals surface area contributed by atoms with E-state index in [0.717, 1.165) is 29.3 Å². The Hall–Kier alpha value is -0.530. The molecule has 16 heavy (non-hydrogen) atoms. The predicted octanol–water partition coefficient (Wildman–Crippen LogP) is 0.940. The van der Waals surface area contributed by atoms with Crippen molar-refractivity contribution in [3.8, 4) is 0 Å². The molecule has 1 aromatic heterocycles. The van der Waals surface area contributed by atoms with Gasteiger partial charge in [0.05, 0.1) is 28.2 Å². The molecule has 1 saturated heterocycles. The number of sulfone groups is 1. The highest BCUT2D eigenvalue weighted by Crippen LogP contribution is 2.18. The summed E-state index contributed by atoms with van der Waals surface area (Å²) in [5.41, 5.74) is 0.709. The smallest absolute Gasteiger partial charge is 0.157 e. The third-order valence-corrected chi connectivity index (χ3v) is 5.17. The van der Waals surface area contributed by atoms with Gasteiger partial charge in [0.25, 0.3) is 0 Å². The Balaban J connectivity index is 2.00. The second-order valence-electron chi connectivity index (χ2n) is 3.97. The fourth-order valence-electron chi connectivity index (χ4n) is 1.70. The van der Waals surface area contributed by atoms with Crippen LogP contribution >= 0.6 is 11.5 Å². The number of hydrogen-bond donors (Lipinski definition) is 0. The van der Waals surface area contributed by atoms with Crippen molar-refractivity contribution in [3.05, 3.63) is 10.6 Å². The van der Waals surface area contributed by atoms with Crippen LogP contribution in [0.25, 0.3) is 0 Å². The van der Waals surface area contributed by atoms with Gasteiger partial charge >= 0.3 is 0 Å². The average Bonchev–Trinajstić information content (AvgIpc) is 2.78. The van der Waals surface area contributed by atoms with Crippen molar-refractivity contribution in [1.82, 2.24) is 9.59 Å². The molecule has 1 aromatic rings. The molecule has 2 heterocycles. The number of aromatic nitrogens is 2. The summed E-state index contributed by atoms with van der Waals surface area (Å²) in [5.74, 6) is 0.153. The molecule has 0 aliphatic carbocycles. The Morgan fingerprint density at radius 3 is 2.94 bits per heavy atom. The standard InChI is InChI=1S/C9H14N2O3S2/c1-7-9(15-11-10-7)6-16(12,13)5-8-3-2-4-14-8/h8H,2-6H2,1H3. The van der Waals surface area contributed by atoms with E-state index in [9.17, 15) is 8.42 Å². The van der Waals surface area contributed by atoms with Gasteiger partial charge in [-0.3, -0.25) is 0 Å². The summed E-state index contributed by atoms with van der Waals surface area (Å²) in [5, 5.41) is 3.81. The summed E-state index contributed by atoms with van der Waals surface area (Å²) in [6, 6.07) is 0. The molecule has 0 spiro atoms. The van der Waals surface area contributed by atoms with E-state index in [1.165, 1.54) is 0 Å². The molecule has 0 saturated carbocycles. The van der Waals surface area contributed by atoms with Crippen LogP contribution in [0.1, 0.15) is 23.4 Å². The summed E-state index contributed by atoms with van der Waals surface area (Å²) in [4.78, 5) is 0.734. The molecule has 0 N–H and O–H groups in total. The minimum Gasteiger partial charge on any atom is -0.377 e. The molecule has 1 aliphatic heterocycles. The monoisotopic (exact) mass is 262 g/mol. The number of aryl methyl sites for hydroxylation is 1. The minimum absolute atomic E-state index is 0.0381. The van der Waals surface area contributed by atoms with Crippen LogP contribution in [0.4, 0.5) is 0 Å². The quantitative estimate of drug-likeness (QED) is 0.807. The lowest BCUT2D eigenvalue weighted by atomic mass is 10.3. The molecule has 0 bridgehead atoms. The third-order valence-electron chi connectivity index (χ3n) is 2.56. The summed E-state index contributed by atoms with van der Waals surface area (Å²) >= 11 is 1.15. The van der Waals surface area contributed by atoms with Crippen molar-refractivity contribution < 1.29 is 13.2 Å². The number of nitrogens with zero attached hydrogens (tertiary/aromatic N) is 2. The fraction of sp³-hybridized carbons (Fsp3) is 0.778. The van der Waals surface area contributed by atoms with Gasteiger partial charge in [0.2, 0.25) is 0 Å². The maximum absolute atomic E-state index is 11.9. The van der Waals surface area contributed by atoms with Crippen LogP contribution in [-0.2, 0) is 20.3 Å². The third kappa shape index (κ3) is 2.99. The first kappa shape index (κ1) is 11.9. The van der Waals surface area contributed by atoms with Gasteiger partial charge in [-0.1, -0.05) is 4.49 Å². The normalized spacial score (nSPS) is 21.4. The maximum atomic E-state index is 11.9. The number of hydrogen-bond acceptors (Lipinski definition) is 6. The summed E-state index contributed by atoms with van der Waals surface area (Å²) in [7, 11) is -3.11. The van der Waals surface area contributed by atoms with Crippen molar-refractivity contribution in [2.75, 3.05) is 12.4 Å². The zero-order valence-corrected chi connectivity index (χ0v) is 10.7. The van der Waals surface area contributed by atoms with Crippen molar-refractivity contribution in [2.45, 2.75) is 31.6 Å². The van der Waals surface area contributed by atoms with Crippen LogP contribution in [0.15, 0.2) is 0 Å². The van der Waals surface area contributed by atoms with Gasteiger partial charge in [0.15, 0.2) is 9.84 Å². The Kier molecular flexibility index (Phi) is 3.56. The first-order chi connectivity index (χ1) is 7.57. The van der Waals surface area contributed by atoms with Crippen LogP contribution in [0.3, 0.4) is 0 Å². The van der Waals surface area contributed by atoms with Gasteiger partial charge in [0, 0.05) is 6.61 Å². The topological polar surface area (TPSA) is 69.2 Å². The van der Waals surface area contributed by atoms with Gasteiger partial charge in [-0.25, -0.2) is 8.42 Å². The molecule has 5 nitrogen and oxygen atoms in total. The van der Waals surface area contributed by atoms with Crippen molar-refractivity contribution in [2.24, 2.45) is 0 Å². The highest BCUT2D eigenvalue weighted by Gasteiger charge is 2.24. The molecule has 1 unspecified atom stereocenters. The van der Waals surface area contributed by atoms with E-state index >= 15 is 0 Å². The lowest BCUT2D eigenvalue weighted by molar-refractivity contribution is 0.127. The molecular formula is C9H14N2O3S2. The van der Waals surface area contributed by atoms with Gasteiger partial charge < -0.3 is 4.74 Å². The van der Waals surface area contributed by atoms with E-state index < -0.39 is 9.84 Å². The molecule has 0 radical (unpaired) electrons. The van der Waals surface area contributed by atoms with E-state index in [4.69, 9.17) is 4.74 Å². The molecule has 1 aliphatic rings. The van der Waals surface area contributed by atoms with Crippen LogP contribution in [0.5, 0.6) is 0 Å². The van der Waals surface area contributed by atoms with Crippen molar-refractivity contribution in [3.63, 3.8) is 0 Å². The van der Waals surface area contributed by atoms with E-state index in [0.29, 0.717) is 12.3 Å². The largest absolute Gasteiger partial charge is 0.377 e. The Morgan fingerprint density at radius 1 is 1.56 bits per heavy atom. The number of rotatable bonds is 4. The van der Waals surface area contributed by atoms with E-state index in [1.807, 2.05) is 0 Å². The van der Waals surface area contributed by atoms with Gasteiger partial charge in [-0.05, 0) is 31.3 Å². The van der Waals surface area contributed by atoms with Crippen molar-refractivity contribution >= 4 is 21.4 Å². The maximum Gasteiger partial charge on any atom is 0.157 e. The fourth-order valence-corrected chi connectivity index (χ4v) is 4.44. The molecule has 2 rings (SSSR count). The zero-order valence-electron chi connectivity index (χ0n) is 9.05. The molecular weight excluding hydrogens is 248 g/mol. The lowest BCUT2D eigenvalue weighted by Gasteiger charge is -2.09. The predicted molar refractivity (Wildman–Crippen MR) is 61.1 cm³/mol. The van der Waals surface area contributed by atoms with Gasteiger partial charge in [-0.15, -0.1) is 5.10 Å². The van der Waals surface area contributed by atoms with Crippen LogP contribution in [0, 0.1) is 6.92 Å². The van der Waals surface area contributed by atoms with Crippen LogP contribution in [-0.4, -0.2) is 36.5 Å². The highest BCUT2D eigenvalue weighted by molar-refractivity contribution is 7.90. The Labute approximate surface area is 98.9 Å². The first-order valence-corrected chi connectivity index (χ1v) is 7.76. The van der Waals surface area contributed by atoms with Crippen LogP contribution < -0.4 is 0 Å². The molecule has 90 valence electrons. The summed E-state index contributed by atoms with van der Waals surface area (Å²) < 4.78 is 32.8. The molecule has 0 amide bonds. The average molecular weight is 262 g/mol. The second kappa shape index (κ2) is 4.77. The summed E-state index contributed by atoms with van der Waals surface area (Å²) in [6.45, 7) is 2.46. The SMILES string of the molecule is Cc1nnsc1CS(=O)(=O)CC1CCCO1. The molecule has 7 heteroatoms. The zero-order chi connectivity index (χ0) is 11.6. The summed E-state index contributed by atoms with van der Waals surface area (Å²) in [6.07, 6.45) is 1.69. The highest BCUT2D eigenvalue weighted by atomic mass is 32.2. The number of ether oxygens (including phenoxy) is 1.